The highest BCUT2D eigenvalue weighted by Crippen LogP contribution is 2.29. The molecule has 5 nitrogen and oxygen atoms in total. The number of nitrogens with two attached hydrogens (primary N) is 1. The van der Waals surface area contributed by atoms with E-state index < -0.39 is 0 Å². The topological polar surface area (TPSA) is 64.3 Å². The summed E-state index contributed by atoms with van der Waals surface area (Å²) in [5.41, 5.74) is 9.18. The van der Waals surface area contributed by atoms with Crippen molar-refractivity contribution in [2.45, 2.75) is 33.1 Å². The summed E-state index contributed by atoms with van der Waals surface area (Å²) < 4.78 is 5.25. The zero-order valence-corrected chi connectivity index (χ0v) is 15.5. The van der Waals surface area contributed by atoms with Crippen molar-refractivity contribution in [3.8, 4) is 17.1 Å². The number of ether oxygens (including phenoxy) is 1. The largest absolute Gasteiger partial charge is 0.497 e. The molecule has 1 fully saturated rings. The predicted molar refractivity (Wildman–Crippen MR) is 102 cm³/mol. The van der Waals surface area contributed by atoms with Gasteiger partial charge in [-0.1, -0.05) is 6.92 Å². The molecule has 0 aliphatic carbocycles. The highest BCUT2D eigenvalue weighted by molar-refractivity contribution is 5.61. The summed E-state index contributed by atoms with van der Waals surface area (Å²) in [6.45, 7) is 7.09. The molecule has 1 saturated heterocycles. The van der Waals surface area contributed by atoms with Crippen LogP contribution in [0.5, 0.6) is 5.75 Å². The number of methoxy groups -OCH3 is 1. The van der Waals surface area contributed by atoms with Crippen LogP contribution in [0.4, 0.5) is 5.82 Å². The van der Waals surface area contributed by atoms with Gasteiger partial charge in [-0.2, -0.15) is 0 Å². The third-order valence-electron chi connectivity index (χ3n) is 5.14. The Morgan fingerprint density at radius 3 is 2.40 bits per heavy atom. The standard InChI is InChI=1S/C20H28N4O/c1-4-18-14(2)22-19(16-5-7-17(25-3)8-6-16)23-20(18)24-11-9-15(13-21)10-12-24/h5-8,15H,4,9-13,21H2,1-3H3. The summed E-state index contributed by atoms with van der Waals surface area (Å²) in [5, 5.41) is 0. The molecule has 0 unspecified atom stereocenters. The van der Waals surface area contributed by atoms with Gasteiger partial charge in [0.1, 0.15) is 11.6 Å². The number of aromatic nitrogens is 2. The maximum absolute atomic E-state index is 5.84. The lowest BCUT2D eigenvalue weighted by atomic mass is 9.96. The van der Waals surface area contributed by atoms with E-state index in [4.69, 9.17) is 20.4 Å². The van der Waals surface area contributed by atoms with Gasteiger partial charge in [0, 0.05) is 29.9 Å². The Morgan fingerprint density at radius 1 is 1.16 bits per heavy atom. The number of benzene rings is 1. The maximum Gasteiger partial charge on any atom is 0.161 e. The summed E-state index contributed by atoms with van der Waals surface area (Å²) in [6.07, 6.45) is 3.22. The van der Waals surface area contributed by atoms with E-state index >= 15 is 0 Å². The quantitative estimate of drug-likeness (QED) is 0.905. The van der Waals surface area contributed by atoms with E-state index in [1.54, 1.807) is 7.11 Å². The molecule has 1 aliphatic heterocycles. The average molecular weight is 340 g/mol. The zero-order chi connectivity index (χ0) is 17.8. The van der Waals surface area contributed by atoms with Gasteiger partial charge in [0.2, 0.25) is 0 Å². The fourth-order valence-electron chi connectivity index (χ4n) is 3.51. The van der Waals surface area contributed by atoms with E-state index in [0.717, 1.165) is 67.5 Å². The Kier molecular flexibility index (Phi) is 5.53. The number of aryl methyl sites for hydroxylation is 1. The first-order chi connectivity index (χ1) is 12.2. The Hall–Kier alpha value is -2.14. The fourth-order valence-corrected chi connectivity index (χ4v) is 3.51. The van der Waals surface area contributed by atoms with Crippen molar-refractivity contribution in [2.24, 2.45) is 11.7 Å². The maximum atomic E-state index is 5.84. The molecule has 25 heavy (non-hydrogen) atoms. The summed E-state index contributed by atoms with van der Waals surface area (Å²) in [7, 11) is 1.68. The minimum atomic E-state index is 0.644. The van der Waals surface area contributed by atoms with Crippen LogP contribution in [0.25, 0.3) is 11.4 Å². The van der Waals surface area contributed by atoms with Gasteiger partial charge in [0.15, 0.2) is 5.82 Å². The van der Waals surface area contributed by atoms with Gasteiger partial charge >= 0.3 is 0 Å². The molecule has 0 amide bonds. The number of nitrogens with zero attached hydrogens (tertiary/aromatic N) is 3. The first kappa shape index (κ1) is 17.7. The van der Waals surface area contributed by atoms with Gasteiger partial charge in [-0.25, -0.2) is 9.97 Å². The van der Waals surface area contributed by atoms with Crippen molar-refractivity contribution in [2.75, 3.05) is 31.6 Å². The summed E-state index contributed by atoms with van der Waals surface area (Å²) >= 11 is 0. The van der Waals surface area contributed by atoms with E-state index in [0.29, 0.717) is 5.92 Å². The molecule has 2 N–H and O–H groups in total. The molecule has 3 rings (SSSR count). The summed E-state index contributed by atoms with van der Waals surface area (Å²) in [4.78, 5) is 12.1. The number of hydrogen-bond donors (Lipinski definition) is 1. The average Bonchev–Trinajstić information content (AvgIpc) is 2.67. The van der Waals surface area contributed by atoms with E-state index in [2.05, 4.69) is 18.7 Å². The van der Waals surface area contributed by atoms with Crippen LogP contribution >= 0.6 is 0 Å². The smallest absolute Gasteiger partial charge is 0.161 e. The number of piperidine rings is 1. The van der Waals surface area contributed by atoms with E-state index in [1.807, 2.05) is 24.3 Å². The minimum absolute atomic E-state index is 0.644. The third kappa shape index (κ3) is 3.76. The van der Waals surface area contributed by atoms with Crippen molar-refractivity contribution >= 4 is 5.82 Å². The van der Waals surface area contributed by atoms with Crippen LogP contribution in [0.1, 0.15) is 31.0 Å². The molecule has 2 aromatic rings. The lowest BCUT2D eigenvalue weighted by molar-refractivity contribution is 0.412. The second-order valence-electron chi connectivity index (χ2n) is 6.68. The van der Waals surface area contributed by atoms with Crippen molar-refractivity contribution < 1.29 is 4.74 Å². The van der Waals surface area contributed by atoms with Gasteiger partial charge < -0.3 is 15.4 Å². The molecule has 0 atom stereocenters. The number of hydrogen-bond acceptors (Lipinski definition) is 5. The van der Waals surface area contributed by atoms with Crippen LogP contribution < -0.4 is 15.4 Å². The molecular weight excluding hydrogens is 312 g/mol. The summed E-state index contributed by atoms with van der Waals surface area (Å²) in [6, 6.07) is 7.94. The normalized spacial score (nSPS) is 15.4. The molecule has 5 heteroatoms. The molecule has 2 heterocycles. The molecule has 0 bridgehead atoms. The van der Waals surface area contributed by atoms with Crippen LogP contribution in [-0.2, 0) is 6.42 Å². The van der Waals surface area contributed by atoms with E-state index in [1.165, 1.54) is 5.56 Å². The monoisotopic (exact) mass is 340 g/mol. The summed E-state index contributed by atoms with van der Waals surface area (Å²) in [5.74, 6) is 3.37. The zero-order valence-electron chi connectivity index (χ0n) is 15.5. The van der Waals surface area contributed by atoms with Crippen molar-refractivity contribution in [3.05, 3.63) is 35.5 Å². The molecule has 1 aromatic heterocycles. The lowest BCUT2D eigenvalue weighted by Gasteiger charge is -2.33. The molecular formula is C20H28N4O. The first-order valence-corrected chi connectivity index (χ1v) is 9.13. The van der Waals surface area contributed by atoms with Crippen LogP contribution in [0, 0.1) is 12.8 Å². The van der Waals surface area contributed by atoms with Gasteiger partial charge in [0.25, 0.3) is 0 Å². The van der Waals surface area contributed by atoms with E-state index in [9.17, 15) is 0 Å². The lowest BCUT2D eigenvalue weighted by Crippen LogP contribution is -2.37. The van der Waals surface area contributed by atoms with E-state index in [-0.39, 0.29) is 0 Å². The van der Waals surface area contributed by atoms with Gasteiger partial charge in [-0.3, -0.25) is 0 Å². The van der Waals surface area contributed by atoms with Crippen molar-refractivity contribution in [1.82, 2.24) is 9.97 Å². The van der Waals surface area contributed by atoms with Gasteiger partial charge in [0.05, 0.1) is 7.11 Å². The predicted octanol–water partition coefficient (Wildman–Crippen LogP) is 3.20. The highest BCUT2D eigenvalue weighted by Gasteiger charge is 2.23. The Balaban J connectivity index is 1.94. The molecule has 1 aliphatic rings. The van der Waals surface area contributed by atoms with Crippen LogP contribution in [0.2, 0.25) is 0 Å². The third-order valence-corrected chi connectivity index (χ3v) is 5.14. The minimum Gasteiger partial charge on any atom is -0.497 e. The van der Waals surface area contributed by atoms with Crippen LogP contribution in [0.3, 0.4) is 0 Å². The van der Waals surface area contributed by atoms with Gasteiger partial charge in [-0.05, 0) is 62.9 Å². The molecule has 1 aromatic carbocycles. The first-order valence-electron chi connectivity index (χ1n) is 9.13. The molecule has 0 spiro atoms. The molecule has 0 radical (unpaired) electrons. The van der Waals surface area contributed by atoms with Crippen molar-refractivity contribution in [3.63, 3.8) is 0 Å². The highest BCUT2D eigenvalue weighted by atomic mass is 16.5. The van der Waals surface area contributed by atoms with Crippen LogP contribution in [-0.4, -0.2) is 36.7 Å². The van der Waals surface area contributed by atoms with Crippen LogP contribution in [0.15, 0.2) is 24.3 Å². The Morgan fingerprint density at radius 2 is 1.84 bits per heavy atom. The Labute approximate surface area is 150 Å². The van der Waals surface area contributed by atoms with Crippen molar-refractivity contribution in [1.29, 1.82) is 0 Å². The SMILES string of the molecule is CCc1c(C)nc(-c2ccc(OC)cc2)nc1N1CCC(CN)CC1. The second kappa shape index (κ2) is 7.83. The number of anilines is 1. The Bertz CT molecular complexity index is 706. The van der Waals surface area contributed by atoms with Gasteiger partial charge in [-0.15, -0.1) is 0 Å². The fraction of sp³-hybridized carbons (Fsp3) is 0.500. The second-order valence-corrected chi connectivity index (χ2v) is 6.68. The molecule has 134 valence electrons. The molecule has 0 saturated carbocycles. The number of rotatable bonds is 5.